The molecular weight excluding hydrogens is 300 g/mol. The molecule has 3 amide bonds. The highest BCUT2D eigenvalue weighted by molar-refractivity contribution is 7.10. The molecule has 1 aliphatic heterocycles. The number of anilines is 1. The van der Waals surface area contributed by atoms with Gasteiger partial charge >= 0.3 is 6.03 Å². The lowest BCUT2D eigenvalue weighted by molar-refractivity contribution is 0.0958. The van der Waals surface area contributed by atoms with Gasteiger partial charge in [-0.2, -0.15) is 0 Å². The fourth-order valence-corrected chi connectivity index (χ4v) is 3.26. The summed E-state index contributed by atoms with van der Waals surface area (Å²) in [6.07, 6.45) is 0.881. The summed E-state index contributed by atoms with van der Waals surface area (Å²) in [5.41, 5.74) is 1.48. The Balaban J connectivity index is 1.69. The molecular formula is C15H16N4O2S. The third-order valence-electron chi connectivity index (χ3n) is 3.54. The quantitative estimate of drug-likeness (QED) is 0.891. The summed E-state index contributed by atoms with van der Waals surface area (Å²) in [6.45, 7) is 1.30. The number of aromatic nitrogens is 1. The molecule has 0 aliphatic carbocycles. The van der Waals surface area contributed by atoms with Crippen LogP contribution in [-0.4, -0.2) is 35.4 Å². The molecule has 0 saturated carbocycles. The lowest BCUT2D eigenvalue weighted by Gasteiger charge is -2.27. The molecule has 0 bridgehead atoms. The van der Waals surface area contributed by atoms with Crippen LogP contribution in [0, 0.1) is 0 Å². The van der Waals surface area contributed by atoms with Gasteiger partial charge in [0.05, 0.1) is 0 Å². The Labute approximate surface area is 132 Å². The summed E-state index contributed by atoms with van der Waals surface area (Å²) in [5, 5.41) is 7.32. The first kappa shape index (κ1) is 14.5. The van der Waals surface area contributed by atoms with Gasteiger partial charge in [-0.1, -0.05) is 6.07 Å². The Bertz CT molecular complexity index is 713. The average Bonchev–Trinajstić information content (AvgIpc) is 3.01. The van der Waals surface area contributed by atoms with Crippen LogP contribution in [0.3, 0.4) is 0 Å². The maximum absolute atomic E-state index is 12.3. The number of carbonyl (C=O) groups excluding carboxylic acids is 2. The molecule has 3 heterocycles. The van der Waals surface area contributed by atoms with Gasteiger partial charge in [-0.05, 0) is 35.6 Å². The van der Waals surface area contributed by atoms with Crippen molar-refractivity contribution in [2.75, 3.05) is 18.9 Å². The Morgan fingerprint density at radius 1 is 1.32 bits per heavy atom. The van der Waals surface area contributed by atoms with Crippen molar-refractivity contribution in [2.24, 2.45) is 0 Å². The zero-order valence-corrected chi connectivity index (χ0v) is 12.9. The summed E-state index contributed by atoms with van der Waals surface area (Å²) in [4.78, 5) is 31.1. The normalized spacial score (nSPS) is 13.4. The molecule has 22 heavy (non-hydrogen) atoms. The minimum atomic E-state index is -0.281. The molecule has 0 atom stereocenters. The molecule has 0 radical (unpaired) electrons. The predicted octanol–water partition coefficient (Wildman–Crippen LogP) is 2.09. The maximum atomic E-state index is 12.3. The SMILES string of the molecule is CNC(=O)c1cccc(NC(=O)N2CCc3sccc3C2)n1. The molecule has 0 aromatic carbocycles. The van der Waals surface area contributed by atoms with Crippen molar-refractivity contribution in [2.45, 2.75) is 13.0 Å². The maximum Gasteiger partial charge on any atom is 0.323 e. The number of carbonyl (C=O) groups is 2. The van der Waals surface area contributed by atoms with Crippen molar-refractivity contribution in [1.82, 2.24) is 15.2 Å². The number of hydrogen-bond acceptors (Lipinski definition) is 4. The second-order valence-electron chi connectivity index (χ2n) is 4.96. The topological polar surface area (TPSA) is 74.3 Å². The number of urea groups is 1. The van der Waals surface area contributed by atoms with Gasteiger partial charge in [-0.3, -0.25) is 10.1 Å². The van der Waals surface area contributed by atoms with Crippen LogP contribution in [0.15, 0.2) is 29.6 Å². The molecule has 7 heteroatoms. The molecule has 0 spiro atoms. The summed E-state index contributed by atoms with van der Waals surface area (Å²) >= 11 is 1.74. The molecule has 0 fully saturated rings. The molecule has 2 aromatic rings. The third-order valence-corrected chi connectivity index (χ3v) is 4.56. The molecule has 0 saturated heterocycles. The van der Waals surface area contributed by atoms with E-state index in [1.54, 1.807) is 41.5 Å². The number of thiophene rings is 1. The fraction of sp³-hybridized carbons (Fsp3) is 0.267. The van der Waals surface area contributed by atoms with Crippen molar-refractivity contribution >= 4 is 29.1 Å². The van der Waals surface area contributed by atoms with E-state index >= 15 is 0 Å². The highest BCUT2D eigenvalue weighted by Gasteiger charge is 2.21. The summed E-state index contributed by atoms with van der Waals surface area (Å²) in [6, 6.07) is 6.83. The zero-order valence-electron chi connectivity index (χ0n) is 12.1. The highest BCUT2D eigenvalue weighted by Crippen LogP contribution is 2.24. The molecule has 6 nitrogen and oxygen atoms in total. The second-order valence-corrected chi connectivity index (χ2v) is 5.96. The Morgan fingerprint density at radius 3 is 3.00 bits per heavy atom. The number of amides is 3. The number of hydrogen-bond donors (Lipinski definition) is 2. The van der Waals surface area contributed by atoms with Crippen LogP contribution in [0.4, 0.5) is 10.6 Å². The van der Waals surface area contributed by atoms with Gasteiger partial charge in [-0.25, -0.2) is 9.78 Å². The first-order valence-corrected chi connectivity index (χ1v) is 7.85. The minimum Gasteiger partial charge on any atom is -0.354 e. The van der Waals surface area contributed by atoms with Gasteiger partial charge in [-0.15, -0.1) is 11.3 Å². The van der Waals surface area contributed by atoms with Crippen LogP contribution in [0.5, 0.6) is 0 Å². The van der Waals surface area contributed by atoms with Crippen molar-refractivity contribution in [3.63, 3.8) is 0 Å². The zero-order chi connectivity index (χ0) is 15.5. The van der Waals surface area contributed by atoms with E-state index in [-0.39, 0.29) is 17.6 Å². The van der Waals surface area contributed by atoms with E-state index < -0.39 is 0 Å². The molecule has 1 aliphatic rings. The largest absolute Gasteiger partial charge is 0.354 e. The smallest absolute Gasteiger partial charge is 0.323 e. The van der Waals surface area contributed by atoms with E-state index in [1.807, 2.05) is 0 Å². The van der Waals surface area contributed by atoms with Crippen molar-refractivity contribution < 1.29 is 9.59 Å². The summed E-state index contributed by atoms with van der Waals surface area (Å²) < 4.78 is 0. The van der Waals surface area contributed by atoms with Gasteiger partial charge in [0.2, 0.25) is 0 Å². The Hall–Kier alpha value is -2.41. The lowest BCUT2D eigenvalue weighted by atomic mass is 10.1. The number of rotatable bonds is 2. The second kappa shape index (κ2) is 6.15. The van der Waals surface area contributed by atoms with Crippen LogP contribution in [0.25, 0.3) is 0 Å². The molecule has 114 valence electrons. The Kier molecular flexibility index (Phi) is 4.06. The van der Waals surface area contributed by atoms with Crippen LogP contribution in [0.2, 0.25) is 0 Å². The van der Waals surface area contributed by atoms with Crippen molar-refractivity contribution in [3.8, 4) is 0 Å². The molecule has 2 aromatic heterocycles. The number of fused-ring (bicyclic) bond motifs is 1. The van der Waals surface area contributed by atoms with Gasteiger partial charge in [0, 0.05) is 25.0 Å². The fourth-order valence-electron chi connectivity index (χ4n) is 2.37. The average molecular weight is 316 g/mol. The van der Waals surface area contributed by atoms with Gasteiger partial charge in [0.25, 0.3) is 5.91 Å². The van der Waals surface area contributed by atoms with Gasteiger partial charge in [0.1, 0.15) is 11.5 Å². The first-order valence-electron chi connectivity index (χ1n) is 6.97. The van der Waals surface area contributed by atoms with Crippen LogP contribution < -0.4 is 10.6 Å². The minimum absolute atomic E-state index is 0.196. The van der Waals surface area contributed by atoms with Crippen LogP contribution in [0.1, 0.15) is 20.9 Å². The van der Waals surface area contributed by atoms with E-state index in [0.29, 0.717) is 18.9 Å². The number of nitrogens with zero attached hydrogens (tertiary/aromatic N) is 2. The first-order chi connectivity index (χ1) is 10.7. The summed E-state index contributed by atoms with van der Waals surface area (Å²) in [7, 11) is 1.54. The molecule has 2 N–H and O–H groups in total. The van der Waals surface area contributed by atoms with Crippen molar-refractivity contribution in [3.05, 3.63) is 45.8 Å². The lowest BCUT2D eigenvalue weighted by Crippen LogP contribution is -2.38. The standard InChI is InChI=1S/C15H16N4O2S/c1-16-14(20)11-3-2-4-13(17-11)18-15(21)19-7-5-12-10(9-19)6-8-22-12/h2-4,6,8H,5,7,9H2,1H3,(H,16,20)(H,17,18,21). The van der Waals surface area contributed by atoms with E-state index in [1.165, 1.54) is 10.4 Å². The number of nitrogens with one attached hydrogen (secondary N) is 2. The van der Waals surface area contributed by atoms with Crippen LogP contribution >= 0.6 is 11.3 Å². The molecule has 0 unspecified atom stereocenters. The van der Waals surface area contributed by atoms with E-state index in [9.17, 15) is 9.59 Å². The molecule has 3 rings (SSSR count). The van der Waals surface area contributed by atoms with E-state index in [0.717, 1.165) is 6.42 Å². The predicted molar refractivity (Wildman–Crippen MR) is 85.1 cm³/mol. The van der Waals surface area contributed by atoms with Crippen molar-refractivity contribution in [1.29, 1.82) is 0 Å². The highest BCUT2D eigenvalue weighted by atomic mass is 32.1. The third kappa shape index (κ3) is 2.94. The summed E-state index contributed by atoms with van der Waals surface area (Å²) in [5.74, 6) is 0.0965. The van der Waals surface area contributed by atoms with Crippen LogP contribution in [-0.2, 0) is 13.0 Å². The monoisotopic (exact) mass is 316 g/mol. The number of pyridine rings is 1. The van der Waals surface area contributed by atoms with Gasteiger partial charge in [0.15, 0.2) is 0 Å². The van der Waals surface area contributed by atoms with E-state index in [4.69, 9.17) is 0 Å². The van der Waals surface area contributed by atoms with Gasteiger partial charge < -0.3 is 10.2 Å². The Morgan fingerprint density at radius 2 is 2.18 bits per heavy atom. The van der Waals surface area contributed by atoms with E-state index in [2.05, 4.69) is 27.1 Å².